The van der Waals surface area contributed by atoms with Gasteiger partial charge in [-0.2, -0.15) is 0 Å². The summed E-state index contributed by atoms with van der Waals surface area (Å²) in [6.07, 6.45) is 6.21. The molecular formula is C16H24N4O. The van der Waals surface area contributed by atoms with Crippen molar-refractivity contribution in [3.63, 3.8) is 0 Å². The number of aryl methyl sites for hydroxylation is 1. The molecule has 1 spiro atoms. The van der Waals surface area contributed by atoms with E-state index < -0.39 is 0 Å². The molecule has 1 saturated heterocycles. The molecule has 1 saturated carbocycles. The predicted molar refractivity (Wildman–Crippen MR) is 81.9 cm³/mol. The minimum absolute atomic E-state index is 0.0239. The summed E-state index contributed by atoms with van der Waals surface area (Å²) in [4.78, 5) is 18.4. The third-order valence-corrected chi connectivity index (χ3v) is 5.13. The summed E-state index contributed by atoms with van der Waals surface area (Å²) < 4.78 is 0. The van der Waals surface area contributed by atoms with Crippen molar-refractivity contribution in [2.45, 2.75) is 38.6 Å². The maximum atomic E-state index is 12.2. The number of nitrogens with zero attached hydrogens (tertiary/aromatic N) is 2. The number of nitrogens with two attached hydrogens (primary N) is 1. The molecule has 114 valence electrons. The molecule has 3 N–H and O–H groups in total. The van der Waals surface area contributed by atoms with E-state index in [-0.39, 0.29) is 17.5 Å². The second kappa shape index (κ2) is 5.64. The Bertz CT molecular complexity index is 527. The summed E-state index contributed by atoms with van der Waals surface area (Å²) in [5, 5.41) is 3.01. The van der Waals surface area contributed by atoms with Gasteiger partial charge in [-0.05, 0) is 37.8 Å². The number of nitrogens with one attached hydrogen (secondary N) is 1. The summed E-state index contributed by atoms with van der Waals surface area (Å²) in [7, 11) is 0. The molecule has 1 unspecified atom stereocenters. The van der Waals surface area contributed by atoms with Crippen LogP contribution in [0.2, 0.25) is 0 Å². The van der Waals surface area contributed by atoms with Crippen LogP contribution < -0.4 is 11.1 Å². The molecule has 2 aliphatic rings. The Hall–Kier alpha value is -1.62. The number of likely N-dealkylation sites (tertiary alicyclic amines) is 1. The third-order valence-electron chi connectivity index (χ3n) is 5.13. The average Bonchev–Trinajstić information content (AvgIpc) is 2.79. The maximum absolute atomic E-state index is 12.2. The summed E-state index contributed by atoms with van der Waals surface area (Å²) in [6, 6.07) is 4.17. The second-order valence-electron chi connectivity index (χ2n) is 6.43. The van der Waals surface area contributed by atoms with Crippen molar-refractivity contribution < 1.29 is 4.79 Å². The van der Waals surface area contributed by atoms with Gasteiger partial charge in [0.1, 0.15) is 0 Å². The SMILES string of the molecule is Cc1ncccc1CCNC(=O)N1CC(N)C2(CCC2)C1. The van der Waals surface area contributed by atoms with Crippen LogP contribution in [-0.4, -0.2) is 41.6 Å². The molecular weight excluding hydrogens is 264 g/mol. The Morgan fingerprint density at radius 2 is 2.38 bits per heavy atom. The van der Waals surface area contributed by atoms with Gasteiger partial charge in [-0.15, -0.1) is 0 Å². The Kier molecular flexibility index (Phi) is 3.85. The van der Waals surface area contributed by atoms with E-state index in [0.717, 1.165) is 18.7 Å². The first-order valence-corrected chi connectivity index (χ1v) is 7.80. The van der Waals surface area contributed by atoms with Crippen molar-refractivity contribution >= 4 is 6.03 Å². The fourth-order valence-corrected chi connectivity index (χ4v) is 3.51. The molecule has 0 aromatic carbocycles. The molecule has 1 aromatic rings. The first-order valence-electron chi connectivity index (χ1n) is 7.80. The number of aromatic nitrogens is 1. The van der Waals surface area contributed by atoms with E-state index in [1.807, 2.05) is 17.9 Å². The van der Waals surface area contributed by atoms with E-state index in [0.29, 0.717) is 13.1 Å². The zero-order valence-electron chi connectivity index (χ0n) is 12.6. The van der Waals surface area contributed by atoms with Crippen LogP contribution in [0.25, 0.3) is 0 Å². The molecule has 1 aromatic heterocycles. The Labute approximate surface area is 125 Å². The molecule has 0 radical (unpaired) electrons. The fraction of sp³-hybridized carbons (Fsp3) is 0.625. The van der Waals surface area contributed by atoms with Crippen molar-refractivity contribution in [1.82, 2.24) is 15.2 Å². The van der Waals surface area contributed by atoms with Crippen LogP contribution in [0.5, 0.6) is 0 Å². The van der Waals surface area contributed by atoms with E-state index in [1.165, 1.54) is 24.8 Å². The normalized spacial score (nSPS) is 23.1. The summed E-state index contributed by atoms with van der Waals surface area (Å²) in [5.74, 6) is 0. The van der Waals surface area contributed by atoms with Gasteiger partial charge in [-0.25, -0.2) is 4.79 Å². The topological polar surface area (TPSA) is 71.2 Å². The molecule has 5 heteroatoms. The van der Waals surface area contributed by atoms with Crippen LogP contribution in [0.3, 0.4) is 0 Å². The Morgan fingerprint density at radius 3 is 3.00 bits per heavy atom. The Morgan fingerprint density at radius 1 is 1.57 bits per heavy atom. The molecule has 1 aliphatic heterocycles. The van der Waals surface area contributed by atoms with Gasteiger partial charge in [0.2, 0.25) is 0 Å². The number of carbonyl (C=O) groups excluding carboxylic acids is 1. The number of urea groups is 1. The lowest BCUT2D eigenvalue weighted by Crippen LogP contribution is -2.45. The van der Waals surface area contributed by atoms with Gasteiger partial charge < -0.3 is 16.0 Å². The van der Waals surface area contributed by atoms with Crippen molar-refractivity contribution in [3.8, 4) is 0 Å². The van der Waals surface area contributed by atoms with Crippen molar-refractivity contribution in [2.24, 2.45) is 11.1 Å². The van der Waals surface area contributed by atoms with Crippen molar-refractivity contribution in [2.75, 3.05) is 19.6 Å². The number of rotatable bonds is 3. The highest BCUT2D eigenvalue weighted by molar-refractivity contribution is 5.74. The molecule has 2 amide bonds. The molecule has 1 atom stereocenters. The highest BCUT2D eigenvalue weighted by Gasteiger charge is 2.49. The van der Waals surface area contributed by atoms with Gasteiger partial charge >= 0.3 is 6.03 Å². The van der Waals surface area contributed by atoms with E-state index in [9.17, 15) is 4.79 Å². The Balaban J connectivity index is 1.48. The molecule has 2 heterocycles. The smallest absolute Gasteiger partial charge is 0.317 e. The lowest BCUT2D eigenvalue weighted by atomic mass is 9.66. The lowest BCUT2D eigenvalue weighted by molar-refractivity contribution is 0.125. The van der Waals surface area contributed by atoms with E-state index in [4.69, 9.17) is 5.73 Å². The number of pyridine rings is 1. The minimum atomic E-state index is 0.0239. The van der Waals surface area contributed by atoms with Crippen molar-refractivity contribution in [1.29, 1.82) is 0 Å². The third kappa shape index (κ3) is 2.75. The summed E-state index contributed by atoms with van der Waals surface area (Å²) in [6.45, 7) is 4.16. The van der Waals surface area contributed by atoms with Crippen LogP contribution in [0.4, 0.5) is 4.79 Å². The van der Waals surface area contributed by atoms with Crippen LogP contribution in [0.1, 0.15) is 30.5 Å². The molecule has 1 aliphatic carbocycles. The van der Waals surface area contributed by atoms with Gasteiger partial charge in [0.15, 0.2) is 0 Å². The molecule has 5 nitrogen and oxygen atoms in total. The predicted octanol–water partition coefficient (Wildman–Crippen LogP) is 1.46. The van der Waals surface area contributed by atoms with Gasteiger partial charge in [-0.1, -0.05) is 12.5 Å². The van der Waals surface area contributed by atoms with Gasteiger partial charge in [-0.3, -0.25) is 4.98 Å². The lowest BCUT2D eigenvalue weighted by Gasteiger charge is -2.41. The fourth-order valence-electron chi connectivity index (χ4n) is 3.51. The largest absolute Gasteiger partial charge is 0.338 e. The van der Waals surface area contributed by atoms with E-state index in [1.54, 1.807) is 6.20 Å². The molecule has 3 rings (SSSR count). The first-order chi connectivity index (χ1) is 10.1. The average molecular weight is 288 g/mol. The van der Waals surface area contributed by atoms with Gasteiger partial charge in [0, 0.05) is 43.0 Å². The highest BCUT2D eigenvalue weighted by atomic mass is 16.2. The van der Waals surface area contributed by atoms with Gasteiger partial charge in [0.05, 0.1) is 0 Å². The zero-order valence-corrected chi connectivity index (χ0v) is 12.6. The molecule has 21 heavy (non-hydrogen) atoms. The summed E-state index contributed by atoms with van der Waals surface area (Å²) in [5.41, 5.74) is 8.65. The van der Waals surface area contributed by atoms with E-state index >= 15 is 0 Å². The van der Waals surface area contributed by atoms with Crippen LogP contribution in [0, 0.1) is 12.3 Å². The quantitative estimate of drug-likeness (QED) is 0.884. The number of carbonyl (C=O) groups is 1. The van der Waals surface area contributed by atoms with Crippen molar-refractivity contribution in [3.05, 3.63) is 29.6 Å². The van der Waals surface area contributed by atoms with Gasteiger partial charge in [0.25, 0.3) is 0 Å². The van der Waals surface area contributed by atoms with Crippen LogP contribution >= 0.6 is 0 Å². The zero-order chi connectivity index (χ0) is 14.9. The maximum Gasteiger partial charge on any atom is 0.317 e. The van der Waals surface area contributed by atoms with Crippen LogP contribution in [0.15, 0.2) is 18.3 Å². The van der Waals surface area contributed by atoms with Crippen LogP contribution in [-0.2, 0) is 6.42 Å². The second-order valence-corrected chi connectivity index (χ2v) is 6.43. The van der Waals surface area contributed by atoms with E-state index in [2.05, 4.69) is 16.4 Å². The minimum Gasteiger partial charge on any atom is -0.338 e. The molecule has 0 bridgehead atoms. The first kappa shape index (κ1) is 14.3. The standard InChI is InChI=1S/C16H24N4O/c1-12-13(4-2-8-18-12)5-9-19-15(21)20-10-14(17)16(11-20)6-3-7-16/h2,4,8,14H,3,5-7,9-11,17H2,1H3,(H,19,21). The number of hydrogen-bond donors (Lipinski definition) is 2. The molecule has 2 fully saturated rings. The number of hydrogen-bond acceptors (Lipinski definition) is 3. The monoisotopic (exact) mass is 288 g/mol. The summed E-state index contributed by atoms with van der Waals surface area (Å²) >= 11 is 0. The number of amides is 2. The highest BCUT2D eigenvalue weighted by Crippen LogP contribution is 2.47.